The molecule has 0 N–H and O–H groups in total. The van der Waals surface area contributed by atoms with E-state index < -0.39 is 5.79 Å². The van der Waals surface area contributed by atoms with Gasteiger partial charge in [0.2, 0.25) is 0 Å². The molecular formula is C17H24O4. The van der Waals surface area contributed by atoms with Gasteiger partial charge in [-0.05, 0) is 41.9 Å². The van der Waals surface area contributed by atoms with Gasteiger partial charge in [-0.3, -0.25) is 4.79 Å². The molecule has 0 aromatic carbocycles. The standard InChI is InChI=1S/C17H24O4/c1-10-13-9-16(3)11(2)14(18)7-6-12(16)8-17(13,20-5)21-15(10)19-4/h6-7,11-12,15H,8-9H2,1-5H3/t11-,12-,15-,16+,17+/m0/s1. The largest absolute Gasteiger partial charge is 0.352 e. The van der Waals surface area contributed by atoms with Crippen LogP contribution in [0.25, 0.3) is 0 Å². The average molecular weight is 292 g/mol. The predicted molar refractivity (Wildman–Crippen MR) is 78.5 cm³/mol. The molecule has 3 aliphatic rings. The van der Waals surface area contributed by atoms with Gasteiger partial charge in [0, 0.05) is 26.6 Å². The number of ketones is 1. The number of hydrogen-bond donors (Lipinski definition) is 0. The second kappa shape index (κ2) is 4.77. The van der Waals surface area contributed by atoms with Crippen LogP contribution in [-0.2, 0) is 19.0 Å². The molecule has 0 amide bonds. The smallest absolute Gasteiger partial charge is 0.194 e. The van der Waals surface area contributed by atoms with Crippen LogP contribution in [0.4, 0.5) is 0 Å². The van der Waals surface area contributed by atoms with Crippen molar-refractivity contribution in [2.75, 3.05) is 14.2 Å². The first-order valence-corrected chi connectivity index (χ1v) is 7.56. The molecule has 4 nitrogen and oxygen atoms in total. The molecule has 0 radical (unpaired) electrons. The maximum atomic E-state index is 12.1. The first kappa shape index (κ1) is 14.9. The Morgan fingerprint density at radius 2 is 2.10 bits per heavy atom. The molecule has 4 heteroatoms. The van der Waals surface area contributed by atoms with E-state index in [1.165, 1.54) is 0 Å². The summed E-state index contributed by atoms with van der Waals surface area (Å²) in [5.41, 5.74) is 2.18. The lowest BCUT2D eigenvalue weighted by molar-refractivity contribution is -0.265. The van der Waals surface area contributed by atoms with Gasteiger partial charge in [-0.25, -0.2) is 0 Å². The monoisotopic (exact) mass is 292 g/mol. The molecule has 0 aromatic heterocycles. The van der Waals surface area contributed by atoms with Gasteiger partial charge >= 0.3 is 0 Å². The zero-order valence-electron chi connectivity index (χ0n) is 13.4. The predicted octanol–water partition coefficient (Wildman–Crippen LogP) is 2.84. The Morgan fingerprint density at radius 1 is 1.38 bits per heavy atom. The maximum absolute atomic E-state index is 12.1. The normalized spacial score (nSPS) is 45.8. The summed E-state index contributed by atoms with van der Waals surface area (Å²) in [7, 11) is 3.34. The summed E-state index contributed by atoms with van der Waals surface area (Å²) in [4.78, 5) is 12.1. The zero-order valence-corrected chi connectivity index (χ0v) is 13.4. The van der Waals surface area contributed by atoms with E-state index in [1.54, 1.807) is 20.3 Å². The number of rotatable bonds is 2. The van der Waals surface area contributed by atoms with E-state index in [2.05, 4.69) is 6.92 Å². The molecule has 3 rings (SSSR count). The molecule has 0 saturated heterocycles. The number of carbonyl (C=O) groups is 1. The van der Waals surface area contributed by atoms with Crippen molar-refractivity contribution in [2.45, 2.75) is 45.7 Å². The van der Waals surface area contributed by atoms with Crippen molar-refractivity contribution in [3.8, 4) is 0 Å². The van der Waals surface area contributed by atoms with Crippen LogP contribution in [-0.4, -0.2) is 32.1 Å². The summed E-state index contributed by atoms with van der Waals surface area (Å²) in [6.07, 6.45) is 4.97. The highest BCUT2D eigenvalue weighted by molar-refractivity contribution is 5.93. The molecule has 0 bridgehead atoms. The van der Waals surface area contributed by atoms with Crippen molar-refractivity contribution < 1.29 is 19.0 Å². The molecule has 0 unspecified atom stereocenters. The summed E-state index contributed by atoms with van der Waals surface area (Å²) < 4.78 is 17.3. The molecule has 21 heavy (non-hydrogen) atoms. The van der Waals surface area contributed by atoms with Crippen molar-refractivity contribution >= 4 is 5.78 Å². The van der Waals surface area contributed by atoms with Gasteiger partial charge < -0.3 is 14.2 Å². The molecular weight excluding hydrogens is 268 g/mol. The minimum Gasteiger partial charge on any atom is -0.352 e. The lowest BCUT2D eigenvalue weighted by Crippen LogP contribution is -2.51. The Hall–Kier alpha value is -0.970. The topological polar surface area (TPSA) is 44.8 Å². The number of hydrogen-bond acceptors (Lipinski definition) is 4. The SMILES string of the molecule is CO[C@H]1O[C@]2(OC)C[C@@H]3C=CC(=O)[C@H](C)[C@@]3(C)CC2=C1C. The van der Waals surface area contributed by atoms with Gasteiger partial charge in [0.05, 0.1) is 0 Å². The Kier molecular flexibility index (Phi) is 3.39. The van der Waals surface area contributed by atoms with Crippen molar-refractivity contribution in [3.63, 3.8) is 0 Å². The Balaban J connectivity index is 2.06. The quantitative estimate of drug-likeness (QED) is 0.734. The van der Waals surface area contributed by atoms with Gasteiger partial charge in [0.25, 0.3) is 0 Å². The minimum absolute atomic E-state index is 0.0178. The van der Waals surface area contributed by atoms with Gasteiger partial charge in [-0.15, -0.1) is 0 Å². The second-order valence-corrected chi connectivity index (χ2v) is 6.78. The summed E-state index contributed by atoms with van der Waals surface area (Å²) in [6.45, 7) is 6.29. The van der Waals surface area contributed by atoms with Crippen LogP contribution in [0.1, 0.15) is 33.6 Å². The van der Waals surface area contributed by atoms with Gasteiger partial charge in [-0.2, -0.15) is 0 Å². The molecule has 1 saturated carbocycles. The van der Waals surface area contributed by atoms with Gasteiger partial charge in [0.15, 0.2) is 17.9 Å². The number of methoxy groups -OCH3 is 2. The number of allylic oxidation sites excluding steroid dienone is 2. The Morgan fingerprint density at radius 3 is 2.71 bits per heavy atom. The van der Waals surface area contributed by atoms with E-state index in [9.17, 15) is 4.79 Å². The van der Waals surface area contributed by atoms with Crippen LogP contribution in [0.2, 0.25) is 0 Å². The molecule has 1 heterocycles. The van der Waals surface area contributed by atoms with Crippen molar-refractivity contribution in [1.82, 2.24) is 0 Å². The second-order valence-electron chi connectivity index (χ2n) is 6.78. The van der Waals surface area contributed by atoms with E-state index in [1.807, 2.05) is 19.9 Å². The lowest BCUT2D eigenvalue weighted by atomic mass is 9.55. The third-order valence-electron chi connectivity index (χ3n) is 5.93. The minimum atomic E-state index is -0.695. The third-order valence-corrected chi connectivity index (χ3v) is 5.93. The molecule has 5 atom stereocenters. The van der Waals surface area contributed by atoms with Crippen molar-refractivity contribution in [3.05, 3.63) is 23.3 Å². The number of ether oxygens (including phenoxy) is 3. The highest BCUT2D eigenvalue weighted by atomic mass is 16.8. The van der Waals surface area contributed by atoms with Crippen LogP contribution in [0.15, 0.2) is 23.3 Å². The first-order chi connectivity index (χ1) is 9.88. The van der Waals surface area contributed by atoms with Crippen molar-refractivity contribution in [2.24, 2.45) is 17.3 Å². The van der Waals surface area contributed by atoms with Gasteiger partial charge in [-0.1, -0.05) is 19.9 Å². The average Bonchev–Trinajstić information content (AvgIpc) is 2.75. The summed E-state index contributed by atoms with van der Waals surface area (Å²) >= 11 is 0. The maximum Gasteiger partial charge on any atom is 0.194 e. The van der Waals surface area contributed by atoms with Gasteiger partial charge in [0.1, 0.15) is 0 Å². The fourth-order valence-electron chi connectivity index (χ4n) is 4.18. The summed E-state index contributed by atoms with van der Waals surface area (Å²) in [5, 5.41) is 0. The molecule has 2 aliphatic carbocycles. The zero-order chi connectivity index (χ0) is 15.4. The van der Waals surface area contributed by atoms with E-state index in [4.69, 9.17) is 14.2 Å². The van der Waals surface area contributed by atoms with Crippen LogP contribution >= 0.6 is 0 Å². The highest BCUT2D eigenvalue weighted by Gasteiger charge is 2.58. The first-order valence-electron chi connectivity index (χ1n) is 7.56. The van der Waals surface area contributed by atoms with Crippen molar-refractivity contribution in [1.29, 1.82) is 0 Å². The lowest BCUT2D eigenvalue weighted by Gasteiger charge is -2.51. The Bertz CT molecular complexity index is 535. The highest BCUT2D eigenvalue weighted by Crippen LogP contribution is 2.58. The van der Waals surface area contributed by atoms with E-state index in [0.29, 0.717) is 0 Å². The van der Waals surface area contributed by atoms with Crippen LogP contribution in [0.3, 0.4) is 0 Å². The fraction of sp³-hybridized carbons (Fsp3) is 0.706. The fourth-order valence-corrected chi connectivity index (χ4v) is 4.18. The van der Waals surface area contributed by atoms with E-state index >= 15 is 0 Å². The number of fused-ring (bicyclic) bond motifs is 2. The van der Waals surface area contributed by atoms with Crippen LogP contribution < -0.4 is 0 Å². The summed E-state index contributed by atoms with van der Waals surface area (Å²) in [5.74, 6) is -0.181. The molecule has 1 fully saturated rings. The van der Waals surface area contributed by atoms with E-state index in [0.717, 1.165) is 24.0 Å². The van der Waals surface area contributed by atoms with Crippen LogP contribution in [0.5, 0.6) is 0 Å². The molecule has 0 spiro atoms. The number of carbonyl (C=O) groups excluding carboxylic acids is 1. The third kappa shape index (κ3) is 1.89. The van der Waals surface area contributed by atoms with Crippen LogP contribution in [0, 0.1) is 17.3 Å². The van der Waals surface area contributed by atoms with E-state index in [-0.39, 0.29) is 29.3 Å². The summed E-state index contributed by atoms with van der Waals surface area (Å²) in [6, 6.07) is 0. The molecule has 1 aliphatic heterocycles. The molecule has 116 valence electrons. The molecule has 0 aromatic rings. The Labute approximate surface area is 126 Å².